The van der Waals surface area contributed by atoms with Crippen molar-refractivity contribution in [2.45, 2.75) is 72.0 Å². The van der Waals surface area contributed by atoms with Gasteiger partial charge in [-0.15, -0.1) is 0 Å². The van der Waals surface area contributed by atoms with Gasteiger partial charge in [0.1, 0.15) is 0 Å². The lowest BCUT2D eigenvalue weighted by Crippen LogP contribution is -2.73. The quantitative estimate of drug-likeness (QED) is 0.159. The summed E-state index contributed by atoms with van der Waals surface area (Å²) in [5.41, 5.74) is 17.1. The maximum Gasteiger partial charge on any atom is 0.252 e. The summed E-state index contributed by atoms with van der Waals surface area (Å²) in [7, 11) is -4.65. The molecule has 0 aromatic heterocycles. The number of benzene rings is 8. The first-order chi connectivity index (χ1) is 30.7. The minimum atomic E-state index is -2.78. The van der Waals surface area contributed by atoms with Crippen molar-refractivity contribution in [3.63, 3.8) is 0 Å². The summed E-state index contributed by atoms with van der Waals surface area (Å²) in [6.07, 6.45) is 0. The van der Waals surface area contributed by atoms with Crippen molar-refractivity contribution in [2.75, 3.05) is 9.80 Å². The average Bonchev–Trinajstić information content (AvgIpc) is 3.58. The lowest BCUT2D eigenvalue weighted by atomic mass is 9.33. The normalized spacial score (nSPS) is 14.7. The Bertz CT molecular complexity index is 3070. The van der Waals surface area contributed by atoms with Gasteiger partial charge in [0.2, 0.25) is 0 Å². The maximum atomic E-state index is 2.67. The van der Waals surface area contributed by atoms with Gasteiger partial charge < -0.3 is 9.80 Å². The molecule has 8 aromatic carbocycles. The Morgan fingerprint density at radius 3 is 1.50 bits per heavy atom. The number of anilines is 6. The molecule has 0 aliphatic carbocycles. The van der Waals surface area contributed by atoms with E-state index in [0.717, 1.165) is 0 Å². The fourth-order valence-electron chi connectivity index (χ4n) is 11.1. The number of fused-ring (bicyclic) bond motifs is 7. The van der Waals surface area contributed by atoms with E-state index in [-0.39, 0.29) is 17.5 Å². The van der Waals surface area contributed by atoms with E-state index < -0.39 is 16.1 Å². The highest BCUT2D eigenvalue weighted by Crippen LogP contribution is 2.46. The van der Waals surface area contributed by atoms with Crippen LogP contribution in [-0.2, 0) is 10.8 Å². The van der Waals surface area contributed by atoms with Gasteiger partial charge in [0.25, 0.3) is 6.71 Å². The number of para-hydroxylation sites is 1. The van der Waals surface area contributed by atoms with Crippen molar-refractivity contribution in [3.8, 4) is 11.1 Å². The van der Waals surface area contributed by atoms with E-state index in [1.165, 1.54) is 98.7 Å². The molecule has 0 saturated heterocycles. The van der Waals surface area contributed by atoms with Crippen molar-refractivity contribution >= 4 is 99.3 Å². The number of rotatable bonds is 5. The Morgan fingerprint density at radius 1 is 0.422 bits per heavy atom. The first-order valence-corrected chi connectivity index (χ1v) is 28.6. The van der Waals surface area contributed by atoms with Crippen LogP contribution in [0.5, 0.6) is 0 Å². The monoisotopic (exact) mass is 860 g/mol. The molecule has 0 atom stereocenters. The Balaban J connectivity index is 1.29. The lowest BCUT2D eigenvalue weighted by Gasteiger charge is -2.46. The summed E-state index contributed by atoms with van der Waals surface area (Å²) in [5.74, 6) is 0. The van der Waals surface area contributed by atoms with Gasteiger partial charge >= 0.3 is 0 Å². The van der Waals surface area contributed by atoms with Gasteiger partial charge in [0, 0.05) is 34.1 Å². The Labute approximate surface area is 383 Å². The molecule has 2 nitrogen and oxygen atoms in total. The van der Waals surface area contributed by atoms with Crippen molar-refractivity contribution in [3.05, 3.63) is 193 Å². The lowest BCUT2D eigenvalue weighted by molar-refractivity contribution is 0.590. The third-order valence-electron chi connectivity index (χ3n) is 14.4. The van der Waals surface area contributed by atoms with Crippen LogP contribution in [0.2, 0.25) is 19.6 Å². The van der Waals surface area contributed by atoms with E-state index in [2.05, 4.69) is 253 Å². The zero-order valence-corrected chi connectivity index (χ0v) is 40.8. The van der Waals surface area contributed by atoms with Gasteiger partial charge in [0.05, 0.1) is 8.07 Å². The van der Waals surface area contributed by atoms with E-state index in [0.29, 0.717) is 0 Å². The molecule has 0 amide bonds. The van der Waals surface area contributed by atoms with Crippen molar-refractivity contribution < 1.29 is 0 Å². The third kappa shape index (κ3) is 6.11. The second-order valence-corrected chi connectivity index (χ2v) is 30.2. The van der Waals surface area contributed by atoms with E-state index >= 15 is 0 Å². The number of nitrogens with zero attached hydrogens (tertiary/aromatic N) is 2. The van der Waals surface area contributed by atoms with Crippen LogP contribution in [0.25, 0.3) is 11.1 Å². The second-order valence-electron chi connectivity index (χ2n) is 21.4. The molecule has 0 fully saturated rings. The molecule has 3 aliphatic heterocycles. The zero-order chi connectivity index (χ0) is 44.3. The first-order valence-electron chi connectivity index (χ1n) is 23.1. The maximum absolute atomic E-state index is 2.78. The molecule has 314 valence electrons. The van der Waals surface area contributed by atoms with Crippen LogP contribution in [0.15, 0.2) is 182 Å². The summed E-state index contributed by atoms with van der Waals surface area (Å²) >= 11 is 0. The van der Waals surface area contributed by atoms with Gasteiger partial charge in [-0.05, 0) is 119 Å². The van der Waals surface area contributed by atoms with Gasteiger partial charge in [-0.25, -0.2) is 0 Å². The Kier molecular flexibility index (Phi) is 9.16. The van der Waals surface area contributed by atoms with Gasteiger partial charge in [-0.3, -0.25) is 0 Å². The largest absolute Gasteiger partial charge is 0.311 e. The highest BCUT2D eigenvalue weighted by molar-refractivity contribution is 7.22. The topological polar surface area (TPSA) is 6.48 Å². The smallest absolute Gasteiger partial charge is 0.252 e. The van der Waals surface area contributed by atoms with Crippen molar-refractivity contribution in [1.82, 2.24) is 0 Å². The molecule has 0 radical (unpaired) electrons. The second kappa shape index (κ2) is 14.4. The predicted molar refractivity (Wildman–Crippen MR) is 283 cm³/mol. The summed E-state index contributed by atoms with van der Waals surface area (Å²) in [4.78, 5) is 5.25. The van der Waals surface area contributed by atoms with Gasteiger partial charge in [-0.2, -0.15) is 0 Å². The molecule has 0 N–H and O–H groups in total. The van der Waals surface area contributed by atoms with Crippen LogP contribution in [0.1, 0.15) is 52.7 Å². The molecule has 0 bridgehead atoms. The minimum Gasteiger partial charge on any atom is -0.311 e. The van der Waals surface area contributed by atoms with Crippen molar-refractivity contribution in [1.29, 1.82) is 0 Å². The number of hydrogen-bond acceptors (Lipinski definition) is 2. The summed E-state index contributed by atoms with van der Waals surface area (Å²) in [6, 6.07) is 70.7. The van der Waals surface area contributed by atoms with E-state index in [1.54, 1.807) is 0 Å². The van der Waals surface area contributed by atoms with Crippen LogP contribution in [0, 0.1) is 0 Å². The number of hydrogen-bond donors (Lipinski definition) is 0. The van der Waals surface area contributed by atoms with Crippen molar-refractivity contribution in [2.24, 2.45) is 0 Å². The molecular weight excluding hydrogens is 804 g/mol. The molecule has 11 rings (SSSR count). The fourth-order valence-corrected chi connectivity index (χ4v) is 17.4. The van der Waals surface area contributed by atoms with Gasteiger partial charge in [0.15, 0.2) is 8.07 Å². The van der Waals surface area contributed by atoms with Crippen LogP contribution < -0.4 is 52.1 Å². The van der Waals surface area contributed by atoms with Crippen LogP contribution in [0.3, 0.4) is 0 Å². The highest BCUT2D eigenvalue weighted by atomic mass is 28.3. The standard InChI is InChI=1S/C59H57BN2Si2/c1-58(2,3)40-29-32-43(33-30-40)61-51-34-31-41(59(4,5)6)35-49(51)60-50-38-48-47-27-19-20-28-55(47)64(44-23-15-11-16-24-44,45-25-17-12-18-26-45)56(48)39-52(50)62(42-21-13-10-14-22-42)54-37-46(63(7,8)9)36-53(61)57(54)60/h10-39H,1-9H3. The minimum absolute atomic E-state index is 0.0145. The fraction of sp³-hybridized carbons (Fsp3) is 0.186. The molecule has 0 saturated carbocycles. The molecule has 64 heavy (non-hydrogen) atoms. The van der Waals surface area contributed by atoms with E-state index in [9.17, 15) is 0 Å². The van der Waals surface area contributed by atoms with E-state index in [4.69, 9.17) is 0 Å². The van der Waals surface area contributed by atoms with E-state index in [1.807, 2.05) is 0 Å². The molecule has 0 spiro atoms. The SMILES string of the molecule is CC(C)(C)c1ccc(N2c3ccc(C(C)(C)C)cc3B3c4cc5c(cc4N(c4ccccc4)c4cc([Si](C)(C)C)cc2c43)[Si](c2ccccc2)(c2ccccc2)c2ccccc2-5)cc1. The molecule has 0 unspecified atom stereocenters. The van der Waals surface area contributed by atoms with Crippen LogP contribution in [0.4, 0.5) is 34.1 Å². The molecule has 8 aromatic rings. The summed E-state index contributed by atoms with van der Waals surface area (Å²) in [6.45, 7) is 21.5. The van der Waals surface area contributed by atoms with Gasteiger partial charge in [-0.1, -0.05) is 200 Å². The molecule has 3 aliphatic rings. The Morgan fingerprint density at radius 2 is 0.922 bits per heavy atom. The third-order valence-corrected chi connectivity index (χ3v) is 21.3. The van der Waals surface area contributed by atoms with Crippen LogP contribution in [-0.4, -0.2) is 22.9 Å². The summed E-state index contributed by atoms with van der Waals surface area (Å²) in [5, 5.41) is 7.24. The Hall–Kier alpha value is -6.14. The highest BCUT2D eigenvalue weighted by Gasteiger charge is 2.51. The molecular formula is C59H57BN2Si2. The molecule has 5 heteroatoms. The first kappa shape index (κ1) is 40.6. The van der Waals surface area contributed by atoms with Crippen LogP contribution >= 0.6 is 0 Å². The predicted octanol–water partition coefficient (Wildman–Crippen LogP) is 10.3. The summed E-state index contributed by atoms with van der Waals surface area (Å²) < 4.78 is 0. The average molecular weight is 861 g/mol. The zero-order valence-electron chi connectivity index (χ0n) is 38.8. The molecule has 3 heterocycles.